The lowest BCUT2D eigenvalue weighted by atomic mass is 10.2. The van der Waals surface area contributed by atoms with E-state index < -0.39 is 16.0 Å². The zero-order valence-corrected chi connectivity index (χ0v) is 15.3. The normalized spacial score (nSPS) is 12.4. The first kappa shape index (κ1) is 19.1. The predicted molar refractivity (Wildman–Crippen MR) is 105 cm³/mol. The summed E-state index contributed by atoms with van der Waals surface area (Å²) in [6.07, 6.45) is 4.17. The van der Waals surface area contributed by atoms with Crippen molar-refractivity contribution in [2.45, 2.75) is 6.92 Å². The van der Waals surface area contributed by atoms with E-state index in [0.29, 0.717) is 17.0 Å². The van der Waals surface area contributed by atoms with Gasteiger partial charge in [0, 0.05) is 22.7 Å². The van der Waals surface area contributed by atoms with E-state index >= 15 is 0 Å². The molecule has 28 heavy (non-hydrogen) atoms. The highest BCUT2D eigenvalue weighted by molar-refractivity contribution is 6.32. The van der Waals surface area contributed by atoms with Crippen molar-refractivity contribution in [3.05, 3.63) is 94.6 Å². The van der Waals surface area contributed by atoms with Gasteiger partial charge in [0.25, 0.3) is 16.8 Å². The Hall–Kier alpha value is -3.72. The minimum absolute atomic E-state index is 0.0130. The number of imidazole rings is 1. The molecule has 0 saturated carbocycles. The number of nitro benzene ring substituents is 1. The average molecular weight is 400 g/mol. The van der Waals surface area contributed by atoms with Crippen molar-refractivity contribution in [1.82, 2.24) is 19.9 Å². The highest BCUT2D eigenvalue weighted by Crippen LogP contribution is 2.22. The molecule has 0 aliphatic heterocycles. The first-order valence-electron chi connectivity index (χ1n) is 7.95. The molecule has 0 unspecified atom stereocenters. The van der Waals surface area contributed by atoms with Crippen LogP contribution in [-0.4, -0.2) is 24.9 Å². The maximum Gasteiger partial charge on any atom is 0.272 e. The average Bonchev–Trinajstić information content (AvgIpc) is 3.09. The summed E-state index contributed by atoms with van der Waals surface area (Å²) in [5.74, 6) is 0. The number of benzene rings is 1. The minimum atomic E-state index is -0.593. The fourth-order valence-electron chi connectivity index (χ4n) is 2.51. The monoisotopic (exact) mass is 399 g/mol. The molecule has 142 valence electrons. The van der Waals surface area contributed by atoms with Gasteiger partial charge in [0.05, 0.1) is 22.6 Å². The van der Waals surface area contributed by atoms with Crippen LogP contribution in [0.5, 0.6) is 0 Å². The number of aromatic nitrogens is 4. The number of non-ortho nitro benzene ring substituents is 1. The van der Waals surface area contributed by atoms with Crippen molar-refractivity contribution < 1.29 is 4.92 Å². The van der Waals surface area contributed by atoms with Crippen LogP contribution in [0, 0.1) is 10.1 Å². The van der Waals surface area contributed by atoms with E-state index in [1.54, 1.807) is 6.92 Å². The summed E-state index contributed by atoms with van der Waals surface area (Å²) in [7, 11) is 0. The molecular formula is C18H14ClN5O4. The van der Waals surface area contributed by atoms with Crippen LogP contribution in [0.3, 0.4) is 0 Å². The van der Waals surface area contributed by atoms with Crippen LogP contribution in [0.2, 0.25) is 5.02 Å². The third kappa shape index (κ3) is 3.84. The number of hydrogen-bond acceptors (Lipinski definition) is 5. The van der Waals surface area contributed by atoms with Crippen molar-refractivity contribution in [3.63, 3.8) is 0 Å². The highest BCUT2D eigenvalue weighted by atomic mass is 35.5. The van der Waals surface area contributed by atoms with Crippen molar-refractivity contribution in [2.24, 2.45) is 0 Å². The molecule has 0 spiro atoms. The van der Waals surface area contributed by atoms with Gasteiger partial charge < -0.3 is 15.0 Å². The Labute approximate surface area is 161 Å². The third-order valence-corrected chi connectivity index (χ3v) is 4.18. The molecule has 1 aromatic carbocycles. The maximum atomic E-state index is 12.4. The van der Waals surface area contributed by atoms with E-state index in [4.69, 9.17) is 11.6 Å². The zero-order valence-electron chi connectivity index (χ0n) is 14.6. The van der Waals surface area contributed by atoms with Gasteiger partial charge in [0.1, 0.15) is 10.7 Å². The second-order valence-corrected chi connectivity index (χ2v) is 6.34. The molecule has 10 heteroatoms. The van der Waals surface area contributed by atoms with Crippen molar-refractivity contribution in [2.75, 3.05) is 0 Å². The van der Waals surface area contributed by atoms with Gasteiger partial charge in [-0.05, 0) is 30.7 Å². The largest absolute Gasteiger partial charge is 0.345 e. The minimum Gasteiger partial charge on any atom is -0.345 e. The topological polar surface area (TPSA) is 138 Å². The number of nitrogens with zero attached hydrogens (tertiary/aromatic N) is 2. The summed E-state index contributed by atoms with van der Waals surface area (Å²) in [6.45, 7) is 5.57. The Balaban J connectivity index is 2.16. The number of nitrogens with one attached hydrogen (secondary N) is 3. The number of hydrogen-bond donors (Lipinski definition) is 3. The van der Waals surface area contributed by atoms with E-state index in [0.717, 1.165) is 0 Å². The number of halogens is 1. The molecule has 0 atom stereocenters. The van der Waals surface area contributed by atoms with E-state index in [1.807, 2.05) is 0 Å². The highest BCUT2D eigenvalue weighted by Gasteiger charge is 2.09. The summed E-state index contributed by atoms with van der Waals surface area (Å²) in [6, 6.07) is 3.80. The van der Waals surface area contributed by atoms with Gasteiger partial charge in [0.2, 0.25) is 0 Å². The zero-order chi connectivity index (χ0) is 20.4. The molecule has 2 heterocycles. The Morgan fingerprint density at radius 3 is 2.46 bits per heavy atom. The van der Waals surface area contributed by atoms with Crippen LogP contribution < -0.4 is 21.8 Å². The Morgan fingerprint density at radius 1 is 1.21 bits per heavy atom. The van der Waals surface area contributed by atoms with Crippen LogP contribution in [-0.2, 0) is 0 Å². The Bertz CT molecular complexity index is 1330. The molecule has 0 radical (unpaired) electrons. The van der Waals surface area contributed by atoms with Crippen LogP contribution in [0.4, 0.5) is 5.69 Å². The van der Waals surface area contributed by atoms with Crippen molar-refractivity contribution in [3.8, 4) is 0 Å². The lowest BCUT2D eigenvalue weighted by Crippen LogP contribution is -2.46. The first-order chi connectivity index (χ1) is 13.3. The summed E-state index contributed by atoms with van der Waals surface area (Å²) in [5.41, 5.74) is 0.667. The van der Waals surface area contributed by atoms with E-state index in [-0.39, 0.29) is 27.0 Å². The number of aromatic amines is 3. The molecule has 0 fully saturated rings. The summed E-state index contributed by atoms with van der Waals surface area (Å²) in [4.78, 5) is 47.0. The third-order valence-electron chi connectivity index (χ3n) is 3.84. The molecule has 2 aromatic heterocycles. The Kier molecular flexibility index (Phi) is 5.10. The van der Waals surface area contributed by atoms with E-state index in [1.165, 1.54) is 36.7 Å². The second kappa shape index (κ2) is 7.49. The van der Waals surface area contributed by atoms with Crippen molar-refractivity contribution >= 4 is 35.0 Å². The van der Waals surface area contributed by atoms with Gasteiger partial charge in [-0.25, -0.2) is 4.98 Å². The fourth-order valence-corrected chi connectivity index (χ4v) is 2.68. The van der Waals surface area contributed by atoms with E-state index in [9.17, 15) is 19.7 Å². The fraction of sp³-hybridized carbons (Fsp3) is 0.0556. The molecule has 0 aliphatic rings. The molecular weight excluding hydrogens is 386 g/mol. The SMILES string of the molecule is C=C(C)c1nc[nH]c1/C=c1\[nH]c(=O)/c(=C/c2cc([N+](=O)[O-])ccc2Cl)[nH]c1=O. The molecule has 0 aliphatic carbocycles. The van der Waals surface area contributed by atoms with Crippen molar-refractivity contribution in [1.29, 1.82) is 0 Å². The summed E-state index contributed by atoms with van der Waals surface area (Å²) < 4.78 is 0. The molecule has 3 aromatic rings. The van der Waals surface area contributed by atoms with Crippen LogP contribution in [0.25, 0.3) is 17.7 Å². The van der Waals surface area contributed by atoms with Gasteiger partial charge in [-0.1, -0.05) is 18.2 Å². The lowest BCUT2D eigenvalue weighted by molar-refractivity contribution is -0.384. The van der Waals surface area contributed by atoms with Gasteiger partial charge >= 0.3 is 0 Å². The molecule has 9 nitrogen and oxygen atoms in total. The quantitative estimate of drug-likeness (QED) is 0.444. The van der Waals surface area contributed by atoms with Gasteiger partial charge in [-0.2, -0.15) is 0 Å². The van der Waals surface area contributed by atoms with Gasteiger partial charge in [-0.3, -0.25) is 19.7 Å². The van der Waals surface area contributed by atoms with Crippen LogP contribution in [0.1, 0.15) is 23.9 Å². The molecule has 0 bridgehead atoms. The number of allylic oxidation sites excluding steroid dienone is 1. The Morgan fingerprint density at radius 2 is 1.86 bits per heavy atom. The smallest absolute Gasteiger partial charge is 0.272 e. The predicted octanol–water partition coefficient (Wildman–Crippen LogP) is 1.04. The standard InChI is InChI=1S/C18H14ClN5O4/c1-9(2)16-13(20-8-21-16)7-15-18(26)22-14(17(25)23-15)6-10-5-11(24(27)28)3-4-12(10)19/h3-8H,1H2,2H3,(H,20,21)(H,22,26)(H,23,25)/b14-6-,15-7-. The molecule has 0 saturated heterocycles. The summed E-state index contributed by atoms with van der Waals surface area (Å²) in [5, 5.41) is 11.0. The maximum absolute atomic E-state index is 12.4. The number of nitro groups is 1. The van der Waals surface area contributed by atoms with Gasteiger partial charge in [-0.15, -0.1) is 0 Å². The lowest BCUT2D eigenvalue weighted by Gasteiger charge is -1.98. The molecule has 3 N–H and O–H groups in total. The number of H-pyrrole nitrogens is 3. The first-order valence-corrected chi connectivity index (χ1v) is 8.33. The molecule has 0 amide bonds. The van der Waals surface area contributed by atoms with Crippen LogP contribution >= 0.6 is 11.6 Å². The van der Waals surface area contributed by atoms with Gasteiger partial charge in [0.15, 0.2) is 0 Å². The van der Waals surface area contributed by atoms with Crippen LogP contribution in [0.15, 0.2) is 40.7 Å². The molecule has 3 rings (SSSR count). The number of rotatable bonds is 4. The van der Waals surface area contributed by atoms with E-state index in [2.05, 4.69) is 26.5 Å². The summed E-state index contributed by atoms with van der Waals surface area (Å²) >= 11 is 6.03. The second-order valence-electron chi connectivity index (χ2n) is 5.93.